The summed E-state index contributed by atoms with van der Waals surface area (Å²) in [6, 6.07) is 16.4. The summed E-state index contributed by atoms with van der Waals surface area (Å²) in [6.07, 6.45) is 3.88. The van der Waals surface area contributed by atoms with Crippen molar-refractivity contribution in [3.05, 3.63) is 60.3 Å². The summed E-state index contributed by atoms with van der Waals surface area (Å²) in [4.78, 5) is 2.36. The van der Waals surface area contributed by atoms with Crippen LogP contribution in [-0.4, -0.2) is 72.5 Å². The third-order valence-electron chi connectivity index (χ3n) is 7.08. The van der Waals surface area contributed by atoms with Gasteiger partial charge >= 0.3 is 0 Å². The Hall–Kier alpha value is -0.470. The van der Waals surface area contributed by atoms with Crippen molar-refractivity contribution in [3.8, 4) is 28.4 Å². The maximum atomic E-state index is 10.7. The van der Waals surface area contributed by atoms with Gasteiger partial charge in [0, 0.05) is 36.3 Å². The van der Waals surface area contributed by atoms with E-state index in [9.17, 15) is 10.2 Å². The van der Waals surface area contributed by atoms with Gasteiger partial charge in [-0.3, -0.25) is 4.90 Å². The van der Waals surface area contributed by atoms with Crippen LogP contribution in [0.4, 0.5) is 0 Å². The van der Waals surface area contributed by atoms with Crippen LogP contribution in [0.1, 0.15) is 25.3 Å². The summed E-state index contributed by atoms with van der Waals surface area (Å²) in [7, 11) is 0. The van der Waals surface area contributed by atoms with E-state index in [2.05, 4.69) is 41.2 Å². The summed E-state index contributed by atoms with van der Waals surface area (Å²) < 4.78 is 31.3. The van der Waals surface area contributed by atoms with Crippen LogP contribution in [0.5, 0.6) is 11.5 Å². The molecule has 7 nitrogen and oxygen atoms in total. The van der Waals surface area contributed by atoms with Crippen molar-refractivity contribution in [2.45, 2.75) is 36.1 Å². The van der Waals surface area contributed by atoms with Crippen LogP contribution in [-0.2, 0) is 6.54 Å². The van der Waals surface area contributed by atoms with Crippen LogP contribution >= 0.6 is 82.9 Å². The van der Waals surface area contributed by atoms with Gasteiger partial charge in [0.25, 0.3) is 0 Å². The van der Waals surface area contributed by atoms with Crippen molar-refractivity contribution in [1.29, 1.82) is 0 Å². The van der Waals surface area contributed by atoms with E-state index in [1.54, 1.807) is 6.92 Å². The highest BCUT2D eigenvalue weighted by Gasteiger charge is 2.34. The van der Waals surface area contributed by atoms with Crippen LogP contribution in [0.15, 0.2) is 54.7 Å². The first-order chi connectivity index (χ1) is 19.8. The number of hydrogen-bond donors (Lipinski definition) is 2. The third-order valence-corrected chi connectivity index (χ3v) is 19.8. The van der Waals surface area contributed by atoms with Gasteiger partial charge in [-0.2, -0.15) is 5.10 Å². The van der Waals surface area contributed by atoms with Crippen LogP contribution in [0.2, 0.25) is 0 Å². The van der Waals surface area contributed by atoms with Gasteiger partial charge in [0.15, 0.2) is 4.23 Å². The molecule has 1 aliphatic heterocycles. The molecular weight excluding hydrogens is 974 g/mol. The van der Waals surface area contributed by atoms with Gasteiger partial charge in [0.05, 0.1) is 23.6 Å². The number of hydrogen-bond acceptors (Lipinski definition) is 6. The molecule has 1 saturated heterocycles. The predicted octanol–water partition coefficient (Wildman–Crippen LogP) is 6.43. The smallest absolute Gasteiger partial charge is 0.188 e. The number of piperidine rings is 1. The van der Waals surface area contributed by atoms with Crippen molar-refractivity contribution in [1.82, 2.24) is 14.7 Å². The molecule has 2 atom stereocenters. The topological polar surface area (TPSA) is 80.0 Å². The monoisotopic (exact) mass is 1010 g/mol. The second-order valence-corrected chi connectivity index (χ2v) is 22.7. The average Bonchev–Trinajstić information content (AvgIpc) is 3.50. The zero-order valence-electron chi connectivity index (χ0n) is 23.1. The number of ether oxygens (including phenoxy) is 2. The van der Waals surface area contributed by atoms with Gasteiger partial charge in [-0.25, -0.2) is 4.68 Å². The van der Waals surface area contributed by atoms with Crippen molar-refractivity contribution >= 4 is 101 Å². The summed E-state index contributed by atoms with van der Waals surface area (Å²) in [5, 5.41) is 25.2. The molecular formula is C30H37I4N3O4. The molecule has 0 bridgehead atoms. The number of aromatic nitrogens is 2. The molecule has 224 valence electrons. The van der Waals surface area contributed by atoms with E-state index in [0.717, 1.165) is 66.5 Å². The van der Waals surface area contributed by atoms with Crippen molar-refractivity contribution < 1.29 is 19.7 Å². The van der Waals surface area contributed by atoms with Gasteiger partial charge in [-0.05, 0) is 62.7 Å². The molecule has 41 heavy (non-hydrogen) atoms. The number of aliphatic hydroxyl groups is 2. The first-order valence-electron chi connectivity index (χ1n) is 13.0. The normalized spacial score (nSPS) is 17.5. The van der Waals surface area contributed by atoms with Crippen molar-refractivity contribution in [3.63, 3.8) is 0 Å². The maximum Gasteiger partial charge on any atom is 0.188 e. The predicted molar refractivity (Wildman–Crippen MR) is 208 cm³/mol. The van der Waals surface area contributed by atoms with E-state index in [1.807, 2.05) is 41.2 Å². The summed E-state index contributed by atoms with van der Waals surface area (Å²) in [5.41, 5.74) is 2.87. The van der Waals surface area contributed by atoms with Gasteiger partial charge in [-0.15, -0.1) is 0 Å². The number of nitrogens with zero attached hydrogens (tertiary/aromatic N) is 3. The highest BCUT2D eigenvalue weighted by Crippen LogP contribution is 2.34. The van der Waals surface area contributed by atoms with Crippen LogP contribution < -0.4 is 9.47 Å². The van der Waals surface area contributed by atoms with E-state index in [-0.39, 0.29) is 99.7 Å². The quantitative estimate of drug-likeness (QED) is 0.143. The lowest BCUT2D eigenvalue weighted by Crippen LogP contribution is -2.47. The Kier molecular flexibility index (Phi) is 13.1. The molecule has 1 aromatic heterocycles. The van der Waals surface area contributed by atoms with E-state index in [0.29, 0.717) is 0 Å². The van der Waals surface area contributed by atoms with Crippen LogP contribution in [0.3, 0.4) is 0 Å². The summed E-state index contributed by atoms with van der Waals surface area (Å²) in [5.74, 6) is 1.75. The number of aliphatic hydroxyl groups excluding tert-OH is 1. The highest BCUT2D eigenvalue weighted by atomic mass is 127. The second kappa shape index (κ2) is 16.0. The molecule has 11 heteroatoms. The van der Waals surface area contributed by atoms with Gasteiger partial charge < -0.3 is 19.7 Å². The van der Waals surface area contributed by atoms with E-state index in [1.165, 1.54) is 0 Å². The Labute approximate surface area is 282 Å². The minimum absolute atomic E-state index is 0.0373. The van der Waals surface area contributed by atoms with Gasteiger partial charge in [0.1, 0.15) is 11.5 Å². The minimum Gasteiger partial charge on any atom is -0.471 e. The molecule has 0 radical (unpaired) electrons. The summed E-state index contributed by atoms with van der Waals surface area (Å²) in [6.45, 7) is 3.93. The molecule has 0 aliphatic carbocycles. The fourth-order valence-corrected chi connectivity index (χ4v) is 10.2. The fourth-order valence-electron chi connectivity index (χ4n) is 4.74. The number of likely N-dealkylation sites (tertiary alicyclic amines) is 1. The lowest BCUT2D eigenvalue weighted by Gasteiger charge is -2.39. The zero-order chi connectivity index (χ0) is 29.4. The van der Waals surface area contributed by atoms with Crippen molar-refractivity contribution in [2.75, 3.05) is 19.7 Å². The zero-order valence-corrected chi connectivity index (χ0v) is 31.7. The van der Waals surface area contributed by atoms with Crippen LogP contribution in [0.25, 0.3) is 16.9 Å². The Morgan fingerprint density at radius 3 is 2.34 bits per heavy atom. The number of benzene rings is 2. The summed E-state index contributed by atoms with van der Waals surface area (Å²) >= 11 is -1.13. The molecule has 4 rings (SSSR count). The molecule has 1 fully saturated rings. The largest absolute Gasteiger partial charge is 0.471 e. The highest BCUT2D eigenvalue weighted by molar-refractivity contribution is 14.3. The standard InChI is InChI=1S/C30H37I4N3O4/c1-30(39,20-38)23-7-6-15-36(19-23)18-22-9-8-21(17-27(22)41-29(33-4)34-5)26-14-16-37(35-26)24-10-12-25(13-11-24)40-28(31-2)32-3/h8-14,16-17,23,28-29,38-39H,2-7,15,18-20H2,1H3/t23-,30+/m0/s1. The Morgan fingerprint density at radius 2 is 1.68 bits per heavy atom. The molecule has 1 aliphatic rings. The average molecular weight is 1010 g/mol. The molecule has 2 aromatic carbocycles. The molecule has 3 aromatic rings. The van der Waals surface area contributed by atoms with Gasteiger partial charge in [-0.1, -0.05) is 113 Å². The Morgan fingerprint density at radius 1 is 1.00 bits per heavy atom. The fraction of sp³-hybridized carbons (Fsp3) is 0.367. The Bertz CT molecular complexity index is 1350. The molecule has 0 saturated carbocycles. The second-order valence-electron chi connectivity index (χ2n) is 9.93. The molecule has 0 spiro atoms. The first kappa shape index (κ1) is 33.4. The van der Waals surface area contributed by atoms with Gasteiger partial charge in [0.2, 0.25) is 0 Å². The Balaban J connectivity index is 1.55. The maximum absolute atomic E-state index is 10.7. The lowest BCUT2D eigenvalue weighted by atomic mass is 9.83. The molecule has 0 amide bonds. The lowest BCUT2D eigenvalue weighted by molar-refractivity contribution is -0.0697. The van der Waals surface area contributed by atoms with Crippen molar-refractivity contribution in [2.24, 2.45) is 5.92 Å². The minimum atomic E-state index is -1.07. The number of rotatable bonds is 14. The van der Waals surface area contributed by atoms with E-state index >= 15 is 0 Å². The molecule has 2 N–H and O–H groups in total. The van der Waals surface area contributed by atoms with E-state index < -0.39 is 5.60 Å². The number of alkyl halides is 4. The SMILES string of the molecule is C=IC(Oc1ccc(-n2ccc(-c3ccc(CN4CCC[C@H]([C@](C)(O)CO)C4)c(OC(I=C)I=C)c3)n2)cc1)I=C. The molecule has 2 heterocycles. The number of halogens is 4. The van der Waals surface area contributed by atoms with E-state index in [4.69, 9.17) is 14.6 Å². The first-order valence-corrected chi connectivity index (χ1v) is 24.0. The molecule has 0 unspecified atom stereocenters. The van der Waals surface area contributed by atoms with Crippen LogP contribution in [0, 0.1) is 5.92 Å². The third kappa shape index (κ3) is 9.03.